The van der Waals surface area contributed by atoms with E-state index < -0.39 is 0 Å². The first kappa shape index (κ1) is 13.9. The van der Waals surface area contributed by atoms with E-state index in [1.54, 1.807) is 6.20 Å². The van der Waals surface area contributed by atoms with Gasteiger partial charge in [0.25, 0.3) is 0 Å². The molecule has 0 fully saturated rings. The third-order valence-corrected chi connectivity index (χ3v) is 2.66. The minimum absolute atomic E-state index is 0.531. The third kappa shape index (κ3) is 4.69. The van der Waals surface area contributed by atoms with Crippen LogP contribution in [0.3, 0.4) is 0 Å². The molecule has 0 aliphatic heterocycles. The summed E-state index contributed by atoms with van der Waals surface area (Å²) in [6.07, 6.45) is 3.63. The summed E-state index contributed by atoms with van der Waals surface area (Å²) in [6, 6.07) is 0.531. The lowest BCUT2D eigenvalue weighted by Gasteiger charge is -2.27. The third-order valence-electron chi connectivity index (χ3n) is 2.66. The average Bonchev–Trinajstić information content (AvgIpc) is 2.28. The Morgan fingerprint density at radius 3 is 2.29 bits per heavy atom. The van der Waals surface area contributed by atoms with Crippen molar-refractivity contribution in [2.75, 3.05) is 18.9 Å². The van der Waals surface area contributed by atoms with Gasteiger partial charge in [0.2, 0.25) is 0 Å². The number of nitrogens with one attached hydrogen (secondary N) is 1. The summed E-state index contributed by atoms with van der Waals surface area (Å²) in [5.74, 6) is 1.48. The first-order valence-electron chi connectivity index (χ1n) is 6.25. The minimum atomic E-state index is 0.531. The van der Waals surface area contributed by atoms with Crippen molar-refractivity contribution in [2.24, 2.45) is 5.92 Å². The molecule has 0 saturated carbocycles. The molecule has 1 heterocycles. The van der Waals surface area contributed by atoms with Crippen LogP contribution in [-0.4, -0.2) is 34.5 Å². The van der Waals surface area contributed by atoms with Gasteiger partial charge in [-0.1, -0.05) is 13.8 Å². The van der Waals surface area contributed by atoms with Gasteiger partial charge in [-0.2, -0.15) is 0 Å². The Kier molecular flexibility index (Phi) is 5.35. The van der Waals surface area contributed by atoms with Crippen molar-refractivity contribution in [3.63, 3.8) is 0 Å². The molecule has 0 spiro atoms. The lowest BCUT2D eigenvalue weighted by molar-refractivity contribution is 0.187. The van der Waals surface area contributed by atoms with Crippen LogP contribution in [-0.2, 0) is 6.54 Å². The van der Waals surface area contributed by atoms with E-state index in [-0.39, 0.29) is 0 Å². The van der Waals surface area contributed by atoms with Crippen molar-refractivity contribution >= 4 is 5.82 Å². The Morgan fingerprint density at radius 1 is 1.18 bits per heavy atom. The van der Waals surface area contributed by atoms with E-state index in [1.807, 2.05) is 13.2 Å². The molecule has 0 bridgehead atoms. The van der Waals surface area contributed by atoms with Gasteiger partial charge in [0.15, 0.2) is 0 Å². The van der Waals surface area contributed by atoms with Gasteiger partial charge >= 0.3 is 0 Å². The van der Waals surface area contributed by atoms with Crippen LogP contribution in [0.15, 0.2) is 12.4 Å². The highest BCUT2D eigenvalue weighted by molar-refractivity contribution is 5.29. The van der Waals surface area contributed by atoms with Crippen LogP contribution in [0.1, 0.15) is 33.4 Å². The van der Waals surface area contributed by atoms with Crippen LogP contribution in [0, 0.1) is 5.92 Å². The van der Waals surface area contributed by atoms with Gasteiger partial charge in [-0.3, -0.25) is 9.88 Å². The zero-order valence-electron chi connectivity index (χ0n) is 11.6. The smallest absolute Gasteiger partial charge is 0.144 e. The first-order valence-corrected chi connectivity index (χ1v) is 6.25. The fourth-order valence-corrected chi connectivity index (χ4v) is 1.70. The molecule has 0 aliphatic rings. The van der Waals surface area contributed by atoms with Crippen LogP contribution in [0.4, 0.5) is 5.82 Å². The number of hydrogen-bond acceptors (Lipinski definition) is 4. The van der Waals surface area contributed by atoms with Gasteiger partial charge < -0.3 is 5.32 Å². The van der Waals surface area contributed by atoms with E-state index in [1.165, 1.54) is 0 Å². The quantitative estimate of drug-likeness (QED) is 0.823. The Labute approximate surface area is 104 Å². The summed E-state index contributed by atoms with van der Waals surface area (Å²) in [7, 11) is 1.85. The predicted octanol–water partition coefficient (Wildman–Crippen LogP) is 2.38. The summed E-state index contributed by atoms with van der Waals surface area (Å²) >= 11 is 0. The summed E-state index contributed by atoms with van der Waals surface area (Å²) in [5.41, 5.74) is 1.03. The largest absolute Gasteiger partial charge is 0.372 e. The normalized spacial score (nSPS) is 11.5. The number of aromatic nitrogens is 2. The van der Waals surface area contributed by atoms with Crippen molar-refractivity contribution in [3.8, 4) is 0 Å². The molecule has 1 N–H and O–H groups in total. The lowest BCUT2D eigenvalue weighted by Crippen LogP contribution is -2.33. The van der Waals surface area contributed by atoms with Gasteiger partial charge in [0.1, 0.15) is 5.82 Å². The first-order chi connectivity index (χ1) is 8.02. The van der Waals surface area contributed by atoms with Crippen molar-refractivity contribution < 1.29 is 0 Å². The Bertz CT molecular complexity index is 319. The van der Waals surface area contributed by atoms with Crippen molar-refractivity contribution in [1.82, 2.24) is 14.9 Å². The molecule has 1 aromatic rings. The molecule has 0 aliphatic carbocycles. The predicted molar refractivity (Wildman–Crippen MR) is 72.0 cm³/mol. The molecule has 17 heavy (non-hydrogen) atoms. The summed E-state index contributed by atoms with van der Waals surface area (Å²) in [5, 5.41) is 2.98. The van der Waals surface area contributed by atoms with E-state index in [2.05, 4.69) is 47.9 Å². The molecule has 1 aromatic heterocycles. The topological polar surface area (TPSA) is 41.1 Å². The number of rotatable bonds is 6. The number of anilines is 1. The summed E-state index contributed by atoms with van der Waals surface area (Å²) < 4.78 is 0. The minimum Gasteiger partial charge on any atom is -0.372 e. The molecule has 4 nitrogen and oxygen atoms in total. The van der Waals surface area contributed by atoms with Crippen LogP contribution in [0.25, 0.3) is 0 Å². The molecular weight excluding hydrogens is 212 g/mol. The van der Waals surface area contributed by atoms with Crippen LogP contribution >= 0.6 is 0 Å². The van der Waals surface area contributed by atoms with Crippen LogP contribution < -0.4 is 5.32 Å². The zero-order valence-corrected chi connectivity index (χ0v) is 11.6. The van der Waals surface area contributed by atoms with E-state index >= 15 is 0 Å². The van der Waals surface area contributed by atoms with Gasteiger partial charge in [-0.15, -0.1) is 0 Å². The Hall–Kier alpha value is -1.16. The molecule has 0 unspecified atom stereocenters. The zero-order chi connectivity index (χ0) is 12.8. The highest BCUT2D eigenvalue weighted by Crippen LogP contribution is 2.09. The SMILES string of the molecule is CNc1cnc(CN(CC(C)C)C(C)C)cn1. The molecule has 0 atom stereocenters. The maximum atomic E-state index is 4.41. The highest BCUT2D eigenvalue weighted by Gasteiger charge is 2.12. The molecule has 0 radical (unpaired) electrons. The van der Waals surface area contributed by atoms with E-state index in [9.17, 15) is 0 Å². The lowest BCUT2D eigenvalue weighted by atomic mass is 10.1. The molecule has 96 valence electrons. The van der Waals surface area contributed by atoms with E-state index in [0.717, 1.165) is 24.6 Å². The number of nitrogens with zero attached hydrogens (tertiary/aromatic N) is 3. The standard InChI is InChI=1S/C13H24N4/c1-10(2)8-17(11(3)4)9-12-6-16-13(14-5)7-15-12/h6-7,10-11H,8-9H2,1-5H3,(H,14,16). The highest BCUT2D eigenvalue weighted by atomic mass is 15.2. The molecule has 0 amide bonds. The summed E-state index contributed by atoms with van der Waals surface area (Å²) in [4.78, 5) is 11.1. The number of hydrogen-bond donors (Lipinski definition) is 1. The van der Waals surface area contributed by atoms with Crippen molar-refractivity contribution in [3.05, 3.63) is 18.1 Å². The second-order valence-corrected chi connectivity index (χ2v) is 5.06. The van der Waals surface area contributed by atoms with E-state index in [4.69, 9.17) is 0 Å². The van der Waals surface area contributed by atoms with Crippen LogP contribution in [0.2, 0.25) is 0 Å². The Balaban J connectivity index is 2.65. The second-order valence-electron chi connectivity index (χ2n) is 5.06. The maximum Gasteiger partial charge on any atom is 0.144 e. The monoisotopic (exact) mass is 236 g/mol. The van der Waals surface area contributed by atoms with Crippen molar-refractivity contribution in [1.29, 1.82) is 0 Å². The van der Waals surface area contributed by atoms with E-state index in [0.29, 0.717) is 12.0 Å². The Morgan fingerprint density at radius 2 is 1.88 bits per heavy atom. The van der Waals surface area contributed by atoms with Gasteiger partial charge in [-0.25, -0.2) is 4.98 Å². The van der Waals surface area contributed by atoms with Gasteiger partial charge in [0.05, 0.1) is 18.1 Å². The summed E-state index contributed by atoms with van der Waals surface area (Å²) in [6.45, 7) is 10.9. The van der Waals surface area contributed by atoms with Gasteiger partial charge in [-0.05, 0) is 19.8 Å². The fraction of sp³-hybridized carbons (Fsp3) is 0.692. The molecular formula is C13H24N4. The fourth-order valence-electron chi connectivity index (χ4n) is 1.70. The molecule has 1 rings (SSSR count). The maximum absolute atomic E-state index is 4.41. The average molecular weight is 236 g/mol. The molecule has 4 heteroatoms. The molecule has 0 aromatic carbocycles. The second kappa shape index (κ2) is 6.55. The van der Waals surface area contributed by atoms with Crippen LogP contribution in [0.5, 0.6) is 0 Å². The molecule has 0 saturated heterocycles. The van der Waals surface area contributed by atoms with Crippen molar-refractivity contribution in [2.45, 2.75) is 40.3 Å². The van der Waals surface area contributed by atoms with Gasteiger partial charge in [0, 0.05) is 26.2 Å².